The molecule has 0 saturated heterocycles. The third kappa shape index (κ3) is 4.87. The second kappa shape index (κ2) is 9.40. The van der Waals surface area contributed by atoms with Gasteiger partial charge in [-0.25, -0.2) is 4.39 Å². The van der Waals surface area contributed by atoms with Crippen LogP contribution in [0.1, 0.15) is 11.1 Å². The number of rotatable bonds is 5. The number of benzene rings is 3. The summed E-state index contributed by atoms with van der Waals surface area (Å²) in [7, 11) is 0. The molecule has 0 bridgehead atoms. The maximum atomic E-state index is 13.5. The second-order valence-electron chi connectivity index (χ2n) is 7.05. The van der Waals surface area contributed by atoms with Gasteiger partial charge in [0.2, 0.25) is 5.88 Å². The highest BCUT2D eigenvalue weighted by atomic mass is 35.5. The summed E-state index contributed by atoms with van der Waals surface area (Å²) in [6.07, 6.45) is 1.22. The third-order valence-corrected chi connectivity index (χ3v) is 5.36. The van der Waals surface area contributed by atoms with Crippen molar-refractivity contribution >= 4 is 35.7 Å². The Morgan fingerprint density at radius 2 is 1.88 bits per heavy atom. The fourth-order valence-corrected chi connectivity index (χ4v) is 3.52. The summed E-state index contributed by atoms with van der Waals surface area (Å²) >= 11 is 11.0. The molecular formula is C24H17ClFN3O3S. The molecule has 0 atom stereocenters. The summed E-state index contributed by atoms with van der Waals surface area (Å²) < 4.78 is 20.5. The SMILES string of the molecule is Cc1ccccc1Oc1ccc(N=Cc2c(O)n(-c3ccc(F)c(Cl)c3)c(=S)[nH]c2=O)cc1. The van der Waals surface area contributed by atoms with Crippen LogP contribution in [0.4, 0.5) is 10.1 Å². The lowest BCUT2D eigenvalue weighted by atomic mass is 10.2. The molecule has 0 aliphatic rings. The van der Waals surface area contributed by atoms with Gasteiger partial charge in [-0.2, -0.15) is 0 Å². The number of nitrogens with zero attached hydrogens (tertiary/aromatic N) is 2. The molecular weight excluding hydrogens is 465 g/mol. The molecule has 1 aromatic heterocycles. The molecule has 166 valence electrons. The largest absolute Gasteiger partial charge is 0.494 e. The Hall–Kier alpha value is -3.75. The number of aryl methyl sites for hydroxylation is 1. The summed E-state index contributed by atoms with van der Waals surface area (Å²) in [6.45, 7) is 1.96. The summed E-state index contributed by atoms with van der Waals surface area (Å²) in [5, 5.41) is 10.6. The molecule has 1 heterocycles. The van der Waals surface area contributed by atoms with Crippen molar-refractivity contribution in [2.45, 2.75) is 6.92 Å². The first kappa shape index (κ1) is 22.4. The van der Waals surface area contributed by atoms with Crippen molar-refractivity contribution < 1.29 is 14.2 Å². The number of aromatic amines is 1. The minimum Gasteiger partial charge on any atom is -0.494 e. The van der Waals surface area contributed by atoms with Crippen molar-refractivity contribution in [3.05, 3.63) is 104 Å². The van der Waals surface area contributed by atoms with Crippen LogP contribution in [0, 0.1) is 17.5 Å². The van der Waals surface area contributed by atoms with E-state index in [0.717, 1.165) is 17.4 Å². The maximum absolute atomic E-state index is 13.5. The number of hydrogen-bond acceptors (Lipinski definition) is 5. The quantitative estimate of drug-likeness (QED) is 0.261. The highest BCUT2D eigenvalue weighted by Crippen LogP contribution is 2.27. The molecule has 0 saturated carbocycles. The zero-order valence-electron chi connectivity index (χ0n) is 17.3. The third-order valence-electron chi connectivity index (χ3n) is 4.78. The number of aromatic hydroxyl groups is 1. The molecule has 0 fully saturated rings. The molecule has 0 radical (unpaired) electrons. The van der Waals surface area contributed by atoms with Crippen molar-refractivity contribution in [3.8, 4) is 23.1 Å². The fourth-order valence-electron chi connectivity index (χ4n) is 3.06. The zero-order valence-corrected chi connectivity index (χ0v) is 18.8. The van der Waals surface area contributed by atoms with E-state index in [1.807, 2.05) is 31.2 Å². The zero-order chi connectivity index (χ0) is 23.5. The number of nitrogens with one attached hydrogen (secondary N) is 1. The van der Waals surface area contributed by atoms with E-state index < -0.39 is 17.3 Å². The van der Waals surface area contributed by atoms with Crippen LogP contribution in [0.5, 0.6) is 17.4 Å². The van der Waals surface area contributed by atoms with Crippen molar-refractivity contribution in [3.63, 3.8) is 0 Å². The Labute approximate surface area is 198 Å². The first-order chi connectivity index (χ1) is 15.8. The van der Waals surface area contributed by atoms with Crippen LogP contribution in [-0.4, -0.2) is 20.9 Å². The van der Waals surface area contributed by atoms with Crippen molar-refractivity contribution in [1.82, 2.24) is 9.55 Å². The smallest absolute Gasteiger partial charge is 0.264 e. The summed E-state index contributed by atoms with van der Waals surface area (Å²) in [6, 6.07) is 18.4. The van der Waals surface area contributed by atoms with Gasteiger partial charge in [-0.1, -0.05) is 29.8 Å². The summed E-state index contributed by atoms with van der Waals surface area (Å²) in [5.74, 6) is 0.312. The molecule has 0 unspecified atom stereocenters. The van der Waals surface area contributed by atoms with Crippen LogP contribution in [-0.2, 0) is 0 Å². The number of ether oxygens (including phenoxy) is 1. The minimum atomic E-state index is -0.620. The van der Waals surface area contributed by atoms with Crippen molar-refractivity contribution in [2.75, 3.05) is 0 Å². The molecule has 4 rings (SSSR count). The molecule has 6 nitrogen and oxygen atoms in total. The van der Waals surface area contributed by atoms with Crippen LogP contribution in [0.25, 0.3) is 5.69 Å². The Kier molecular flexibility index (Phi) is 6.39. The number of hydrogen-bond donors (Lipinski definition) is 2. The van der Waals surface area contributed by atoms with E-state index in [9.17, 15) is 14.3 Å². The van der Waals surface area contributed by atoms with Gasteiger partial charge >= 0.3 is 0 Å². The standard InChI is InChI=1S/C24H17ClFN3O3S/c1-14-4-2-3-5-21(14)32-17-9-6-15(7-10-17)27-13-18-22(30)28-24(33)29(23(18)31)16-8-11-20(26)19(25)12-16/h2-13,31H,1H3,(H,28,30,33). The van der Waals surface area contributed by atoms with Gasteiger partial charge in [0.25, 0.3) is 5.56 Å². The number of aromatic nitrogens is 2. The molecule has 0 amide bonds. The number of para-hydroxylation sites is 1. The Morgan fingerprint density at radius 1 is 1.15 bits per heavy atom. The first-order valence-electron chi connectivity index (χ1n) is 9.75. The summed E-state index contributed by atoms with van der Waals surface area (Å²) in [5.41, 5.74) is 1.09. The van der Waals surface area contributed by atoms with Gasteiger partial charge < -0.3 is 9.84 Å². The van der Waals surface area contributed by atoms with Crippen LogP contribution in [0.2, 0.25) is 5.02 Å². The van der Waals surface area contributed by atoms with Crippen molar-refractivity contribution in [2.24, 2.45) is 4.99 Å². The minimum absolute atomic E-state index is 0.0740. The van der Waals surface area contributed by atoms with Gasteiger partial charge in [-0.05, 0) is 73.2 Å². The first-order valence-corrected chi connectivity index (χ1v) is 10.5. The molecule has 3 aromatic carbocycles. The number of aliphatic imine (C=N–C) groups is 1. The van der Waals surface area contributed by atoms with E-state index in [2.05, 4.69) is 9.98 Å². The van der Waals surface area contributed by atoms with Gasteiger partial charge in [0.1, 0.15) is 22.9 Å². The molecule has 2 N–H and O–H groups in total. The maximum Gasteiger partial charge on any atom is 0.264 e. The van der Waals surface area contributed by atoms with Crippen LogP contribution < -0.4 is 10.3 Å². The predicted octanol–water partition coefficient (Wildman–Crippen LogP) is 6.24. The van der Waals surface area contributed by atoms with Gasteiger partial charge in [0.05, 0.1) is 16.4 Å². The van der Waals surface area contributed by atoms with Crippen LogP contribution in [0.3, 0.4) is 0 Å². The van der Waals surface area contributed by atoms with Gasteiger partial charge in [0, 0.05) is 6.21 Å². The van der Waals surface area contributed by atoms with E-state index in [-0.39, 0.29) is 21.0 Å². The highest BCUT2D eigenvalue weighted by Gasteiger charge is 2.14. The highest BCUT2D eigenvalue weighted by molar-refractivity contribution is 7.71. The molecule has 0 spiro atoms. The normalized spacial score (nSPS) is 11.1. The number of H-pyrrole nitrogens is 1. The van der Waals surface area contributed by atoms with Crippen molar-refractivity contribution in [1.29, 1.82) is 0 Å². The lowest BCUT2D eigenvalue weighted by Gasteiger charge is -2.11. The number of halogens is 2. The van der Waals surface area contributed by atoms with E-state index >= 15 is 0 Å². The molecule has 9 heteroatoms. The topological polar surface area (TPSA) is 79.6 Å². The monoisotopic (exact) mass is 481 g/mol. The Bertz CT molecular complexity index is 1480. The van der Waals surface area contributed by atoms with Gasteiger partial charge in [-0.15, -0.1) is 0 Å². The lowest BCUT2D eigenvalue weighted by Crippen LogP contribution is -2.18. The van der Waals surface area contributed by atoms with E-state index in [1.165, 1.54) is 22.9 Å². The average Bonchev–Trinajstić information content (AvgIpc) is 2.78. The summed E-state index contributed by atoms with van der Waals surface area (Å²) in [4.78, 5) is 19.1. The predicted molar refractivity (Wildman–Crippen MR) is 129 cm³/mol. The Morgan fingerprint density at radius 3 is 2.58 bits per heavy atom. The van der Waals surface area contributed by atoms with E-state index in [4.69, 9.17) is 28.6 Å². The average molecular weight is 482 g/mol. The van der Waals surface area contributed by atoms with Crippen LogP contribution in [0.15, 0.2) is 76.5 Å². The molecule has 0 aliphatic carbocycles. The van der Waals surface area contributed by atoms with Gasteiger partial charge in [-0.3, -0.25) is 19.3 Å². The Balaban J connectivity index is 1.63. The molecule has 0 aliphatic heterocycles. The lowest BCUT2D eigenvalue weighted by molar-refractivity contribution is 0.432. The van der Waals surface area contributed by atoms with E-state index in [1.54, 1.807) is 24.3 Å². The second-order valence-corrected chi connectivity index (χ2v) is 7.84. The fraction of sp³-hybridized carbons (Fsp3) is 0.0417. The van der Waals surface area contributed by atoms with Crippen LogP contribution >= 0.6 is 23.8 Å². The molecule has 4 aromatic rings. The molecule has 33 heavy (non-hydrogen) atoms. The van der Waals surface area contributed by atoms with E-state index in [0.29, 0.717) is 11.4 Å². The van der Waals surface area contributed by atoms with Gasteiger partial charge in [0.15, 0.2) is 4.77 Å².